The number of oxazole rings is 1. The molecule has 6 aliphatic rings. The fourth-order valence-electron chi connectivity index (χ4n) is 8.35. The van der Waals surface area contributed by atoms with Crippen molar-refractivity contribution >= 4 is 22.7 Å². The minimum absolute atomic E-state index is 0.00557. The number of halogens is 1. The van der Waals surface area contributed by atoms with Crippen LogP contribution in [0.1, 0.15) is 90.3 Å². The molecule has 2 aromatic carbocycles. The lowest BCUT2D eigenvalue weighted by atomic mass is 9.41. The summed E-state index contributed by atoms with van der Waals surface area (Å²) in [5, 5.41) is 4.44. The van der Waals surface area contributed by atoms with Gasteiger partial charge in [0.1, 0.15) is 5.67 Å². The SMILES string of the molecule is CC(C)(C)c1nc(C23CCC(CN(C(=O)C45CC(F)(C4)C5)c4cccc(-c5ccc6[nH]c(=O)oc6c5)c4)(CC2)CC3)no1. The first-order valence-corrected chi connectivity index (χ1v) is 15.5. The maximum Gasteiger partial charge on any atom is 0.417 e. The standard InChI is InChI=1S/C34H37FN4O4/c1-30(2,3)27-37-26(38-43-27)32-12-9-31(10-13-32,11-14-32)20-39(28(40)33-17-34(35,18-33)19-33)23-6-4-5-21(15-23)22-7-8-24-25(16-22)42-29(41)36-24/h4-8,15-16H,9-14,17-20H2,1-3H3,(H,36,41). The van der Waals surface area contributed by atoms with E-state index in [1.807, 2.05) is 47.4 Å². The number of rotatable bonds is 6. The van der Waals surface area contributed by atoms with Crippen LogP contribution in [0.15, 0.2) is 56.2 Å². The number of fused-ring (bicyclic) bond motifs is 4. The van der Waals surface area contributed by atoms with Gasteiger partial charge in [0.05, 0.1) is 10.9 Å². The van der Waals surface area contributed by atoms with Crippen molar-refractivity contribution in [1.29, 1.82) is 0 Å². The molecule has 1 amide bonds. The van der Waals surface area contributed by atoms with Crippen LogP contribution in [-0.2, 0) is 15.6 Å². The highest BCUT2D eigenvalue weighted by atomic mass is 19.1. The van der Waals surface area contributed by atoms with Crippen LogP contribution in [0.3, 0.4) is 0 Å². The maximum atomic E-state index is 14.6. The summed E-state index contributed by atoms with van der Waals surface area (Å²) in [5.74, 6) is 1.08. The molecule has 0 aliphatic heterocycles. The summed E-state index contributed by atoms with van der Waals surface area (Å²) in [4.78, 5) is 35.5. The zero-order chi connectivity index (χ0) is 29.8. The molecule has 2 aromatic heterocycles. The lowest BCUT2D eigenvalue weighted by molar-refractivity contribution is -0.211. The van der Waals surface area contributed by atoms with Gasteiger partial charge < -0.3 is 13.8 Å². The van der Waals surface area contributed by atoms with E-state index in [9.17, 15) is 14.0 Å². The lowest BCUT2D eigenvalue weighted by Gasteiger charge is -2.65. The normalized spacial score (nSPS) is 31.1. The molecule has 43 heavy (non-hydrogen) atoms. The molecule has 0 atom stereocenters. The Bertz CT molecular complexity index is 1780. The van der Waals surface area contributed by atoms with Crippen molar-refractivity contribution in [2.24, 2.45) is 10.8 Å². The van der Waals surface area contributed by atoms with Crippen LogP contribution in [0.5, 0.6) is 0 Å². The average molecular weight is 585 g/mol. The van der Waals surface area contributed by atoms with Crippen molar-refractivity contribution in [3.63, 3.8) is 0 Å². The number of hydrogen-bond acceptors (Lipinski definition) is 6. The highest BCUT2D eigenvalue weighted by Crippen LogP contribution is 2.70. The number of H-pyrrole nitrogens is 1. The van der Waals surface area contributed by atoms with E-state index in [2.05, 4.69) is 30.9 Å². The number of carbonyl (C=O) groups excluding carboxylic acids is 1. The maximum absolute atomic E-state index is 14.6. The van der Waals surface area contributed by atoms with E-state index < -0.39 is 16.8 Å². The average Bonchev–Trinajstić information content (AvgIpc) is 3.61. The van der Waals surface area contributed by atoms with Gasteiger partial charge in [-0.05, 0) is 98.6 Å². The Hall–Kier alpha value is -3.75. The predicted molar refractivity (Wildman–Crippen MR) is 160 cm³/mol. The molecule has 6 aliphatic carbocycles. The number of anilines is 1. The highest BCUT2D eigenvalue weighted by molar-refractivity contribution is 6.00. The summed E-state index contributed by atoms with van der Waals surface area (Å²) < 4.78 is 25.6. The number of carbonyl (C=O) groups is 1. The van der Waals surface area contributed by atoms with Gasteiger partial charge in [0, 0.05) is 23.1 Å². The molecule has 2 heterocycles. The van der Waals surface area contributed by atoms with E-state index in [-0.39, 0.29) is 22.2 Å². The molecule has 6 saturated carbocycles. The zero-order valence-corrected chi connectivity index (χ0v) is 25.0. The first-order chi connectivity index (χ1) is 20.4. The summed E-state index contributed by atoms with van der Waals surface area (Å²) in [5.41, 5.74) is 1.81. The quantitative estimate of drug-likeness (QED) is 0.262. The van der Waals surface area contributed by atoms with Crippen molar-refractivity contribution in [1.82, 2.24) is 15.1 Å². The highest BCUT2D eigenvalue weighted by Gasteiger charge is 2.73. The van der Waals surface area contributed by atoms with E-state index >= 15 is 0 Å². The van der Waals surface area contributed by atoms with Crippen LogP contribution >= 0.6 is 0 Å². The third-order valence-electron chi connectivity index (χ3n) is 11.0. The summed E-state index contributed by atoms with van der Waals surface area (Å²) in [6, 6.07) is 13.6. The second-order valence-electron chi connectivity index (χ2n) is 15.1. The molecule has 1 N–H and O–H groups in total. The Morgan fingerprint density at radius 2 is 1.70 bits per heavy atom. The Morgan fingerprint density at radius 1 is 1.00 bits per heavy atom. The smallest absolute Gasteiger partial charge is 0.408 e. The molecule has 0 radical (unpaired) electrons. The number of benzene rings is 2. The predicted octanol–water partition coefficient (Wildman–Crippen LogP) is 6.99. The first kappa shape index (κ1) is 26.8. The van der Waals surface area contributed by atoms with Gasteiger partial charge in [-0.3, -0.25) is 9.78 Å². The minimum Gasteiger partial charge on any atom is -0.408 e. The van der Waals surface area contributed by atoms with Crippen LogP contribution in [0.25, 0.3) is 22.2 Å². The molecular weight excluding hydrogens is 547 g/mol. The van der Waals surface area contributed by atoms with Crippen molar-refractivity contribution in [2.45, 2.75) is 95.1 Å². The van der Waals surface area contributed by atoms with Crippen molar-refractivity contribution in [3.05, 3.63) is 64.7 Å². The second-order valence-corrected chi connectivity index (χ2v) is 15.1. The number of alkyl halides is 1. The molecule has 0 saturated heterocycles. The third kappa shape index (κ3) is 4.14. The number of amides is 1. The first-order valence-electron chi connectivity index (χ1n) is 15.5. The Morgan fingerprint density at radius 3 is 2.35 bits per heavy atom. The summed E-state index contributed by atoms with van der Waals surface area (Å²) in [6.45, 7) is 6.88. The number of aromatic amines is 1. The van der Waals surface area contributed by atoms with Gasteiger partial charge in [0.15, 0.2) is 11.4 Å². The van der Waals surface area contributed by atoms with E-state index in [0.29, 0.717) is 42.8 Å². The van der Waals surface area contributed by atoms with Crippen LogP contribution < -0.4 is 10.7 Å². The van der Waals surface area contributed by atoms with Gasteiger partial charge in [-0.25, -0.2) is 9.18 Å². The summed E-state index contributed by atoms with van der Waals surface area (Å²) >= 11 is 0. The van der Waals surface area contributed by atoms with Gasteiger partial charge in [-0.1, -0.05) is 44.1 Å². The molecule has 6 fully saturated rings. The van der Waals surface area contributed by atoms with Gasteiger partial charge in [-0.15, -0.1) is 0 Å². The summed E-state index contributed by atoms with van der Waals surface area (Å²) in [7, 11) is 0. The number of aromatic nitrogens is 3. The number of nitrogens with zero attached hydrogens (tertiary/aromatic N) is 3. The number of hydrogen-bond donors (Lipinski definition) is 1. The summed E-state index contributed by atoms with van der Waals surface area (Å²) in [6.07, 6.45) is 6.88. The molecule has 9 heteroatoms. The van der Waals surface area contributed by atoms with Crippen LogP contribution in [0.4, 0.5) is 10.1 Å². The monoisotopic (exact) mass is 584 g/mol. The van der Waals surface area contributed by atoms with E-state index in [0.717, 1.165) is 61.2 Å². The van der Waals surface area contributed by atoms with Gasteiger partial charge in [0.2, 0.25) is 11.8 Å². The van der Waals surface area contributed by atoms with Crippen molar-refractivity contribution < 1.29 is 18.1 Å². The molecule has 4 bridgehead atoms. The molecule has 10 rings (SSSR count). The van der Waals surface area contributed by atoms with Gasteiger partial charge >= 0.3 is 5.76 Å². The third-order valence-corrected chi connectivity index (χ3v) is 11.0. The van der Waals surface area contributed by atoms with Gasteiger partial charge in [-0.2, -0.15) is 4.98 Å². The van der Waals surface area contributed by atoms with Gasteiger partial charge in [0.25, 0.3) is 0 Å². The molecule has 4 aromatic rings. The van der Waals surface area contributed by atoms with E-state index in [4.69, 9.17) is 13.9 Å². The minimum atomic E-state index is -1.15. The zero-order valence-electron chi connectivity index (χ0n) is 25.0. The Kier molecular flexibility index (Phi) is 5.41. The van der Waals surface area contributed by atoms with E-state index in [1.165, 1.54) is 0 Å². The fourth-order valence-corrected chi connectivity index (χ4v) is 8.35. The topological polar surface area (TPSA) is 105 Å². The second kappa shape index (κ2) is 8.67. The van der Waals surface area contributed by atoms with Crippen molar-refractivity contribution in [3.8, 4) is 11.1 Å². The van der Waals surface area contributed by atoms with Crippen LogP contribution in [0.2, 0.25) is 0 Å². The number of nitrogens with one attached hydrogen (secondary N) is 1. The Labute approximate surface area is 249 Å². The fraction of sp³-hybridized carbons (Fsp3) is 0.529. The lowest BCUT2D eigenvalue weighted by Crippen LogP contribution is -2.71. The van der Waals surface area contributed by atoms with Crippen LogP contribution in [0, 0.1) is 10.8 Å². The van der Waals surface area contributed by atoms with Crippen LogP contribution in [-0.4, -0.2) is 33.2 Å². The molecule has 0 spiro atoms. The molecular formula is C34H37FN4O4. The van der Waals surface area contributed by atoms with E-state index in [1.54, 1.807) is 0 Å². The Balaban J connectivity index is 1.09. The largest absolute Gasteiger partial charge is 0.417 e. The molecule has 8 nitrogen and oxygen atoms in total. The van der Waals surface area contributed by atoms with Crippen molar-refractivity contribution in [2.75, 3.05) is 11.4 Å². The molecule has 224 valence electrons. The molecule has 0 unspecified atom stereocenters.